The van der Waals surface area contributed by atoms with Crippen molar-refractivity contribution in [2.24, 2.45) is 41.4 Å². The van der Waals surface area contributed by atoms with Gasteiger partial charge in [-0.1, -0.05) is 71.1 Å². The number of Topliss-reactive ketones (excluding diaryl/α,β-unsaturated/α-hetero) is 3. The normalized spacial score (nSPS) is 39.6. The zero-order valence-electron chi connectivity index (χ0n) is 44.1. The second kappa shape index (κ2) is 27.8. The maximum atomic E-state index is 14.5. The Morgan fingerprint density at radius 3 is 2.27 bits per heavy atom. The van der Waals surface area contributed by atoms with Crippen LogP contribution in [-0.4, -0.2) is 145 Å². The van der Waals surface area contributed by atoms with Crippen LogP contribution >= 0.6 is 0 Å². The maximum absolute atomic E-state index is 14.5. The number of methoxy groups -OCH3 is 2. The number of cyclic esters (lactones) is 1. The van der Waals surface area contributed by atoms with Crippen LogP contribution in [0, 0.1) is 41.4 Å². The smallest absolute Gasteiger partial charge is 0.329 e. The molecule has 4 fully saturated rings. The minimum absolute atomic E-state index is 0.00897. The van der Waals surface area contributed by atoms with E-state index >= 15 is 0 Å². The Labute approximate surface area is 423 Å². The summed E-state index contributed by atoms with van der Waals surface area (Å²) in [5, 5.41) is 34.2. The van der Waals surface area contributed by atoms with Crippen LogP contribution in [0.5, 0.6) is 0 Å². The van der Waals surface area contributed by atoms with Crippen molar-refractivity contribution >= 4 is 29.2 Å². The molecule has 400 valence electrons. The first-order chi connectivity index (χ1) is 33.8. The number of nitrogens with zero attached hydrogens (tertiary/aromatic N) is 1. The van der Waals surface area contributed by atoms with Crippen molar-refractivity contribution in [3.8, 4) is 0 Å². The molecular formula is C56H87NO14. The van der Waals surface area contributed by atoms with Gasteiger partial charge in [0.15, 0.2) is 5.78 Å². The van der Waals surface area contributed by atoms with Gasteiger partial charge in [-0.2, -0.15) is 0 Å². The fraction of sp³-hybridized carbons (Fsp3) is 0.768. The molecule has 5 rings (SSSR count). The van der Waals surface area contributed by atoms with Gasteiger partial charge in [-0.25, -0.2) is 4.79 Å². The molecule has 1 amide bonds. The molecule has 15 atom stereocenters. The molecule has 0 aromatic rings. The molecule has 2 bridgehead atoms. The molecule has 3 saturated heterocycles. The summed E-state index contributed by atoms with van der Waals surface area (Å²) >= 11 is 0. The van der Waals surface area contributed by atoms with Crippen molar-refractivity contribution < 1.29 is 67.7 Å². The highest BCUT2D eigenvalue weighted by molar-refractivity contribution is 6.39. The summed E-state index contributed by atoms with van der Waals surface area (Å²) in [5.41, 5.74) is 1.30. The molecule has 1 aliphatic carbocycles. The highest BCUT2D eigenvalue weighted by Crippen LogP contribution is 2.38. The van der Waals surface area contributed by atoms with Crippen molar-refractivity contribution in [3.63, 3.8) is 0 Å². The molecule has 0 aromatic carbocycles. The van der Waals surface area contributed by atoms with E-state index in [1.165, 1.54) is 12.0 Å². The number of amides is 1. The number of allylic oxidation sites excluding steroid dienone is 6. The average Bonchev–Trinajstić information content (AvgIpc) is 3.35. The molecule has 1 saturated carbocycles. The van der Waals surface area contributed by atoms with Crippen LogP contribution in [-0.2, 0) is 52.4 Å². The number of esters is 1. The number of carbonyl (C=O) groups is 5. The first-order valence-electron chi connectivity index (χ1n) is 26.6. The van der Waals surface area contributed by atoms with Gasteiger partial charge >= 0.3 is 5.97 Å². The SMILES string of the molecule is CO[C@@H]1C[C@H](CC(C)[C@@H]2CC(=O)[C@H](C)/C=C(\C)[C@@H](O)[C@@H](OC)C(=O)[C@H](C)C[C@H](C)/C=C/C=C/C=C(\C)[C@@H](OCC3CCOCC3)C[C@@H]3CC[C@@H](C)[C@@](O)(O3)C(=O)C(=O)N3CCCC[C@H]3C(=O)O2)CC[C@H]1O. The lowest BCUT2D eigenvalue weighted by atomic mass is 9.78. The quantitative estimate of drug-likeness (QED) is 0.128. The minimum atomic E-state index is -2.45. The van der Waals surface area contributed by atoms with E-state index in [9.17, 15) is 39.3 Å². The molecule has 71 heavy (non-hydrogen) atoms. The van der Waals surface area contributed by atoms with Gasteiger partial charge in [-0.15, -0.1) is 0 Å². The van der Waals surface area contributed by atoms with Crippen molar-refractivity contribution in [2.45, 2.75) is 193 Å². The van der Waals surface area contributed by atoms with E-state index < -0.39 is 83.9 Å². The van der Waals surface area contributed by atoms with Gasteiger partial charge in [0.1, 0.15) is 30.1 Å². The zero-order chi connectivity index (χ0) is 52.0. The van der Waals surface area contributed by atoms with Crippen molar-refractivity contribution in [3.05, 3.63) is 47.6 Å². The van der Waals surface area contributed by atoms with Crippen LogP contribution in [0.3, 0.4) is 0 Å². The molecule has 0 aromatic heterocycles. The van der Waals surface area contributed by atoms with Crippen LogP contribution in [0.2, 0.25) is 0 Å². The van der Waals surface area contributed by atoms with E-state index in [2.05, 4.69) is 0 Å². The fourth-order valence-corrected chi connectivity index (χ4v) is 11.2. The Balaban J connectivity index is 1.48. The number of hydrogen-bond donors (Lipinski definition) is 3. The highest BCUT2D eigenvalue weighted by atomic mass is 16.6. The third-order valence-corrected chi connectivity index (χ3v) is 16.1. The Kier molecular flexibility index (Phi) is 22.9. The van der Waals surface area contributed by atoms with E-state index in [0.717, 1.165) is 24.8 Å². The lowest BCUT2D eigenvalue weighted by Crippen LogP contribution is -2.61. The first kappa shape index (κ1) is 58.5. The van der Waals surface area contributed by atoms with Crippen molar-refractivity contribution in [1.29, 1.82) is 0 Å². The summed E-state index contributed by atoms with van der Waals surface area (Å²) in [7, 11) is 2.95. The predicted molar refractivity (Wildman–Crippen MR) is 268 cm³/mol. The fourth-order valence-electron chi connectivity index (χ4n) is 11.2. The molecule has 15 nitrogen and oxygen atoms in total. The lowest BCUT2D eigenvalue weighted by molar-refractivity contribution is -0.266. The third kappa shape index (κ3) is 16.0. The monoisotopic (exact) mass is 998 g/mol. The summed E-state index contributed by atoms with van der Waals surface area (Å²) in [5.74, 6) is -7.70. The summed E-state index contributed by atoms with van der Waals surface area (Å²) in [6.45, 7) is 14.7. The Morgan fingerprint density at radius 1 is 0.831 bits per heavy atom. The number of ether oxygens (including phenoxy) is 6. The van der Waals surface area contributed by atoms with Gasteiger partial charge < -0.3 is 48.6 Å². The van der Waals surface area contributed by atoms with Crippen LogP contribution in [0.25, 0.3) is 0 Å². The van der Waals surface area contributed by atoms with Gasteiger partial charge in [0.05, 0.1) is 31.0 Å². The summed E-state index contributed by atoms with van der Waals surface area (Å²) in [6.07, 6.45) is 13.0. The van der Waals surface area contributed by atoms with Crippen molar-refractivity contribution in [2.75, 3.05) is 40.6 Å². The number of aliphatic hydroxyl groups is 3. The molecule has 1 unspecified atom stereocenters. The Morgan fingerprint density at radius 2 is 1.56 bits per heavy atom. The number of ketones is 3. The number of rotatable bonds is 8. The van der Waals surface area contributed by atoms with E-state index in [-0.39, 0.29) is 54.8 Å². The zero-order valence-corrected chi connectivity index (χ0v) is 44.1. The molecule has 4 heterocycles. The van der Waals surface area contributed by atoms with Gasteiger partial charge in [-0.3, -0.25) is 19.2 Å². The summed E-state index contributed by atoms with van der Waals surface area (Å²) in [6, 6.07) is -1.15. The molecule has 4 aliphatic heterocycles. The minimum Gasteiger partial charge on any atom is -0.460 e. The van der Waals surface area contributed by atoms with Gasteiger partial charge in [0, 0.05) is 64.6 Å². The Bertz CT molecular complexity index is 1910. The standard InChI is InChI=1S/C56H87NO14/c1-34-15-11-10-12-16-35(2)47(69-33-41-22-25-68-26-23-41)31-43-20-18-40(7)56(65,71-43)53(62)54(63)57-24-14-13-17-44(57)55(64)70-48(37(4)29-42-19-21-45(58)49(30-42)66-8)32-46(59)36(3)28-39(6)51(61)52(67-9)50(60)38(5)27-34/h10-12,15-16,28,34,36-38,40-45,47-49,51-52,58,61,65H,13-14,17-27,29-33H2,1-9H3/b12-10+,15-11+,35-16+,39-28+/t34-,36-,37?,38-,40-,42+,43+,44+,45-,47+,48+,49-,51-,52+,56-/m1/s1. The van der Waals surface area contributed by atoms with E-state index in [1.54, 1.807) is 34.0 Å². The molecular weight excluding hydrogens is 911 g/mol. The molecule has 0 spiro atoms. The summed E-state index contributed by atoms with van der Waals surface area (Å²) in [4.78, 5) is 72.6. The van der Waals surface area contributed by atoms with Crippen molar-refractivity contribution in [1.82, 2.24) is 4.90 Å². The molecule has 0 radical (unpaired) electrons. The Hall–Kier alpha value is -3.41. The number of carbonyl (C=O) groups excluding carboxylic acids is 5. The maximum Gasteiger partial charge on any atom is 0.329 e. The average molecular weight is 998 g/mol. The van der Waals surface area contributed by atoms with Crippen LogP contribution in [0.1, 0.15) is 138 Å². The molecule has 5 aliphatic rings. The van der Waals surface area contributed by atoms with E-state index in [0.29, 0.717) is 89.1 Å². The van der Waals surface area contributed by atoms with E-state index in [4.69, 9.17) is 28.4 Å². The van der Waals surface area contributed by atoms with Gasteiger partial charge in [-0.05, 0) is 126 Å². The largest absolute Gasteiger partial charge is 0.460 e. The van der Waals surface area contributed by atoms with Crippen LogP contribution in [0.15, 0.2) is 47.6 Å². The predicted octanol–water partition coefficient (Wildman–Crippen LogP) is 6.98. The topological polar surface area (TPSA) is 205 Å². The number of fused-ring (bicyclic) bond motifs is 3. The molecule has 15 heteroatoms. The van der Waals surface area contributed by atoms with Gasteiger partial charge in [0.25, 0.3) is 11.7 Å². The highest BCUT2D eigenvalue weighted by Gasteiger charge is 2.53. The van der Waals surface area contributed by atoms with Gasteiger partial charge in [0.2, 0.25) is 5.79 Å². The lowest BCUT2D eigenvalue weighted by Gasteiger charge is -2.43. The summed E-state index contributed by atoms with van der Waals surface area (Å²) < 4.78 is 36.0. The van der Waals surface area contributed by atoms with Crippen LogP contribution in [0.4, 0.5) is 0 Å². The molecule has 3 N–H and O–H groups in total. The first-order valence-corrected chi connectivity index (χ1v) is 26.6. The van der Waals surface area contributed by atoms with E-state index in [1.807, 2.05) is 58.1 Å². The second-order valence-corrected chi connectivity index (χ2v) is 21.7. The third-order valence-electron chi connectivity index (χ3n) is 16.1. The number of aliphatic hydroxyl groups excluding tert-OH is 2. The van der Waals surface area contributed by atoms with Crippen LogP contribution < -0.4 is 0 Å². The number of hydrogen-bond acceptors (Lipinski definition) is 14. The second-order valence-electron chi connectivity index (χ2n) is 21.7. The number of piperidine rings is 1.